The third-order valence-electron chi connectivity index (χ3n) is 4.00. The SMILES string of the molecule is O=C(CSc1nnc(-c2ccccc2)o1)c1ccc(-c2ccc([N+](=O)[O-])cc2)o1. The molecule has 4 aromatic rings. The molecular weight excluding hydrogens is 394 g/mol. The predicted molar refractivity (Wildman–Crippen MR) is 106 cm³/mol. The van der Waals surface area contributed by atoms with E-state index >= 15 is 0 Å². The van der Waals surface area contributed by atoms with Crippen molar-refractivity contribution in [2.24, 2.45) is 0 Å². The van der Waals surface area contributed by atoms with Crippen LogP contribution in [-0.4, -0.2) is 26.7 Å². The smallest absolute Gasteiger partial charge is 0.277 e. The number of non-ortho nitro benzene ring substituents is 1. The van der Waals surface area contributed by atoms with Crippen molar-refractivity contribution >= 4 is 23.2 Å². The van der Waals surface area contributed by atoms with Gasteiger partial charge in [0, 0.05) is 23.3 Å². The fraction of sp³-hybridized carbons (Fsp3) is 0.0500. The maximum atomic E-state index is 12.4. The highest BCUT2D eigenvalue weighted by atomic mass is 32.2. The summed E-state index contributed by atoms with van der Waals surface area (Å²) in [4.78, 5) is 22.6. The molecule has 0 unspecified atom stereocenters. The van der Waals surface area contributed by atoms with Gasteiger partial charge in [0.25, 0.3) is 10.9 Å². The van der Waals surface area contributed by atoms with Gasteiger partial charge in [-0.25, -0.2) is 0 Å². The highest BCUT2D eigenvalue weighted by Crippen LogP contribution is 2.27. The number of aromatic nitrogens is 2. The van der Waals surface area contributed by atoms with Gasteiger partial charge < -0.3 is 8.83 Å². The molecule has 0 aliphatic heterocycles. The van der Waals surface area contributed by atoms with Gasteiger partial charge in [0.1, 0.15) is 5.76 Å². The Labute approximate surface area is 168 Å². The second kappa shape index (κ2) is 8.11. The number of thioether (sulfide) groups is 1. The van der Waals surface area contributed by atoms with Gasteiger partial charge in [-0.15, -0.1) is 10.2 Å². The molecule has 0 aliphatic rings. The molecule has 9 heteroatoms. The van der Waals surface area contributed by atoms with Crippen molar-refractivity contribution < 1.29 is 18.6 Å². The van der Waals surface area contributed by atoms with E-state index in [0.29, 0.717) is 22.4 Å². The number of ketones is 1. The molecule has 0 fully saturated rings. The lowest BCUT2D eigenvalue weighted by atomic mass is 10.1. The lowest BCUT2D eigenvalue weighted by Crippen LogP contribution is -2.00. The Morgan fingerprint density at radius 1 is 0.931 bits per heavy atom. The number of nitro groups is 1. The minimum absolute atomic E-state index is 0.0116. The molecule has 2 aromatic heterocycles. The van der Waals surface area contributed by atoms with E-state index in [0.717, 1.165) is 17.3 Å². The van der Waals surface area contributed by atoms with Crippen molar-refractivity contribution in [3.8, 4) is 22.8 Å². The molecule has 4 rings (SSSR count). The standard InChI is InChI=1S/C20H13N3O5S/c24-16(12-29-20-22-21-19(28-20)14-4-2-1-3-5-14)18-11-10-17(27-18)13-6-8-15(9-7-13)23(25)26/h1-11H,12H2. The van der Waals surface area contributed by atoms with Gasteiger partial charge in [-0.05, 0) is 36.4 Å². The van der Waals surface area contributed by atoms with E-state index in [-0.39, 0.29) is 23.0 Å². The third-order valence-corrected chi connectivity index (χ3v) is 4.82. The number of carbonyl (C=O) groups excluding carboxylic acids is 1. The molecule has 0 saturated heterocycles. The van der Waals surface area contributed by atoms with Crippen LogP contribution in [0.3, 0.4) is 0 Å². The Morgan fingerprint density at radius 2 is 1.69 bits per heavy atom. The van der Waals surface area contributed by atoms with Gasteiger partial charge in [-0.3, -0.25) is 14.9 Å². The molecule has 0 radical (unpaired) electrons. The summed E-state index contributed by atoms with van der Waals surface area (Å²) in [6, 6.07) is 18.5. The van der Waals surface area contributed by atoms with Gasteiger partial charge in [0.15, 0.2) is 5.76 Å². The Hall–Kier alpha value is -3.72. The monoisotopic (exact) mass is 407 g/mol. The van der Waals surface area contributed by atoms with E-state index < -0.39 is 4.92 Å². The van der Waals surface area contributed by atoms with Crippen molar-refractivity contribution in [3.63, 3.8) is 0 Å². The van der Waals surface area contributed by atoms with Gasteiger partial charge in [0.2, 0.25) is 11.7 Å². The molecule has 0 atom stereocenters. The molecule has 144 valence electrons. The molecule has 0 N–H and O–H groups in total. The van der Waals surface area contributed by atoms with E-state index in [9.17, 15) is 14.9 Å². The van der Waals surface area contributed by atoms with Crippen molar-refractivity contribution in [1.29, 1.82) is 0 Å². The van der Waals surface area contributed by atoms with E-state index in [1.54, 1.807) is 24.3 Å². The highest BCUT2D eigenvalue weighted by Gasteiger charge is 2.16. The fourth-order valence-electron chi connectivity index (χ4n) is 2.55. The van der Waals surface area contributed by atoms with Crippen molar-refractivity contribution in [1.82, 2.24) is 10.2 Å². The number of nitro benzene ring substituents is 1. The normalized spacial score (nSPS) is 10.8. The number of hydrogen-bond donors (Lipinski definition) is 0. The maximum Gasteiger partial charge on any atom is 0.277 e. The summed E-state index contributed by atoms with van der Waals surface area (Å²) in [7, 11) is 0. The van der Waals surface area contributed by atoms with Crippen LogP contribution >= 0.6 is 11.8 Å². The van der Waals surface area contributed by atoms with Crippen LogP contribution in [0.25, 0.3) is 22.8 Å². The lowest BCUT2D eigenvalue weighted by Gasteiger charge is -1.98. The van der Waals surface area contributed by atoms with E-state index in [1.807, 2.05) is 30.3 Å². The molecular formula is C20H13N3O5S. The topological polar surface area (TPSA) is 112 Å². The van der Waals surface area contributed by atoms with Crippen LogP contribution in [0.5, 0.6) is 0 Å². The minimum Gasteiger partial charge on any atom is -0.453 e. The van der Waals surface area contributed by atoms with Crippen molar-refractivity contribution in [2.45, 2.75) is 5.22 Å². The molecule has 0 spiro atoms. The second-order valence-electron chi connectivity index (χ2n) is 5.92. The van der Waals surface area contributed by atoms with Crippen LogP contribution in [0, 0.1) is 10.1 Å². The molecule has 2 aromatic carbocycles. The summed E-state index contributed by atoms with van der Waals surface area (Å²) in [5, 5.41) is 18.9. The summed E-state index contributed by atoms with van der Waals surface area (Å²) in [5.41, 5.74) is 1.44. The van der Waals surface area contributed by atoms with Gasteiger partial charge in [0.05, 0.1) is 10.7 Å². The number of Topliss-reactive ketones (excluding diaryl/α,β-unsaturated/α-hetero) is 1. The van der Waals surface area contributed by atoms with Crippen molar-refractivity contribution in [3.05, 3.63) is 82.6 Å². The second-order valence-corrected chi connectivity index (χ2v) is 6.85. The van der Waals surface area contributed by atoms with Crippen LogP contribution in [0.2, 0.25) is 0 Å². The minimum atomic E-state index is -0.473. The average molecular weight is 407 g/mol. The molecule has 0 amide bonds. The number of carbonyl (C=O) groups is 1. The number of rotatable bonds is 7. The lowest BCUT2D eigenvalue weighted by molar-refractivity contribution is -0.384. The zero-order valence-corrected chi connectivity index (χ0v) is 15.7. The quantitative estimate of drug-likeness (QED) is 0.184. The maximum absolute atomic E-state index is 12.4. The highest BCUT2D eigenvalue weighted by molar-refractivity contribution is 7.99. The van der Waals surface area contributed by atoms with Crippen LogP contribution in [0.15, 0.2) is 80.8 Å². The largest absolute Gasteiger partial charge is 0.453 e. The Kier molecular flexibility index (Phi) is 5.21. The van der Waals surface area contributed by atoms with Gasteiger partial charge in [-0.1, -0.05) is 30.0 Å². The molecule has 2 heterocycles. The number of benzene rings is 2. The van der Waals surface area contributed by atoms with E-state index in [2.05, 4.69) is 10.2 Å². The average Bonchev–Trinajstić information content (AvgIpc) is 3.43. The van der Waals surface area contributed by atoms with Crippen LogP contribution < -0.4 is 0 Å². The number of hydrogen-bond acceptors (Lipinski definition) is 8. The van der Waals surface area contributed by atoms with E-state index in [4.69, 9.17) is 8.83 Å². The first-order valence-corrected chi connectivity index (χ1v) is 9.48. The van der Waals surface area contributed by atoms with E-state index in [1.165, 1.54) is 12.1 Å². The zero-order valence-electron chi connectivity index (χ0n) is 14.8. The van der Waals surface area contributed by atoms with Crippen LogP contribution in [0.1, 0.15) is 10.6 Å². The molecule has 0 aliphatic carbocycles. The predicted octanol–water partition coefficient (Wildman–Crippen LogP) is 4.88. The first kappa shape index (κ1) is 18.6. The van der Waals surface area contributed by atoms with Crippen LogP contribution in [0.4, 0.5) is 5.69 Å². The Balaban J connectivity index is 1.40. The molecule has 0 saturated carbocycles. The summed E-state index contributed by atoms with van der Waals surface area (Å²) in [6.07, 6.45) is 0. The Morgan fingerprint density at radius 3 is 2.41 bits per heavy atom. The molecule has 8 nitrogen and oxygen atoms in total. The van der Waals surface area contributed by atoms with Crippen LogP contribution in [-0.2, 0) is 0 Å². The third kappa shape index (κ3) is 4.25. The summed E-state index contributed by atoms with van der Waals surface area (Å²) >= 11 is 1.12. The number of nitrogens with zero attached hydrogens (tertiary/aromatic N) is 3. The van der Waals surface area contributed by atoms with Gasteiger partial charge >= 0.3 is 0 Å². The summed E-state index contributed by atoms with van der Waals surface area (Å²) < 4.78 is 11.2. The summed E-state index contributed by atoms with van der Waals surface area (Å²) in [5.74, 6) is 0.872. The van der Waals surface area contributed by atoms with Crippen molar-refractivity contribution in [2.75, 3.05) is 5.75 Å². The zero-order chi connectivity index (χ0) is 20.2. The fourth-order valence-corrected chi connectivity index (χ4v) is 3.19. The number of furan rings is 1. The molecule has 29 heavy (non-hydrogen) atoms. The molecule has 0 bridgehead atoms. The Bertz CT molecular complexity index is 1150. The van der Waals surface area contributed by atoms with Gasteiger partial charge in [-0.2, -0.15) is 0 Å². The first-order valence-electron chi connectivity index (χ1n) is 8.50. The summed E-state index contributed by atoms with van der Waals surface area (Å²) in [6.45, 7) is 0. The first-order chi connectivity index (χ1) is 14.1.